The normalized spacial score (nSPS) is 10.8. The summed E-state index contributed by atoms with van der Waals surface area (Å²) in [6.45, 7) is 3.66. The maximum absolute atomic E-state index is 13.6. The summed E-state index contributed by atoms with van der Waals surface area (Å²) in [6, 6.07) is 3.80. The van der Waals surface area contributed by atoms with Crippen LogP contribution in [0.4, 0.5) is 9.18 Å². The molecule has 5 nitrogen and oxygen atoms in total. The Bertz CT molecular complexity index is 527. The standard InChI is InChI=1S/C14H17FN2O3/c1-9(2)17-14(20)16-8-11-7-10(3-5-12(11)15)4-6-13(18)19/h3-7,9H,8H2,1-2H3,(H,18,19)(H2,16,17,20). The molecule has 0 saturated carbocycles. The molecule has 1 aromatic rings. The molecule has 0 spiro atoms. The van der Waals surface area contributed by atoms with Crippen molar-refractivity contribution in [2.45, 2.75) is 26.4 Å². The molecule has 0 aliphatic heterocycles. The molecule has 2 amide bonds. The van der Waals surface area contributed by atoms with Gasteiger partial charge in [0, 0.05) is 24.2 Å². The lowest BCUT2D eigenvalue weighted by atomic mass is 10.1. The summed E-state index contributed by atoms with van der Waals surface area (Å²) in [7, 11) is 0. The highest BCUT2D eigenvalue weighted by Crippen LogP contribution is 2.12. The lowest BCUT2D eigenvalue weighted by Gasteiger charge is -2.11. The van der Waals surface area contributed by atoms with Gasteiger partial charge in [0.25, 0.3) is 0 Å². The van der Waals surface area contributed by atoms with Crippen LogP contribution < -0.4 is 10.6 Å². The Morgan fingerprint density at radius 2 is 2.10 bits per heavy atom. The Morgan fingerprint density at radius 3 is 2.70 bits per heavy atom. The first-order chi connectivity index (χ1) is 9.38. The summed E-state index contributed by atoms with van der Waals surface area (Å²) in [4.78, 5) is 21.8. The number of hydrogen-bond donors (Lipinski definition) is 3. The van der Waals surface area contributed by atoms with Gasteiger partial charge in [-0.15, -0.1) is 0 Å². The summed E-state index contributed by atoms with van der Waals surface area (Å²) < 4.78 is 13.6. The number of carbonyl (C=O) groups excluding carboxylic acids is 1. The number of carboxylic acid groups (broad SMARTS) is 1. The van der Waals surface area contributed by atoms with E-state index < -0.39 is 11.8 Å². The first-order valence-corrected chi connectivity index (χ1v) is 6.12. The van der Waals surface area contributed by atoms with Crippen molar-refractivity contribution in [1.29, 1.82) is 0 Å². The minimum absolute atomic E-state index is 0.00955. The third-order valence-corrected chi connectivity index (χ3v) is 2.35. The fourth-order valence-electron chi connectivity index (χ4n) is 1.49. The second-order valence-corrected chi connectivity index (χ2v) is 4.50. The van der Waals surface area contributed by atoms with Crippen molar-refractivity contribution in [2.75, 3.05) is 0 Å². The van der Waals surface area contributed by atoms with Crippen LogP contribution in [0.2, 0.25) is 0 Å². The third kappa shape index (κ3) is 5.51. The minimum Gasteiger partial charge on any atom is -0.478 e. The zero-order valence-corrected chi connectivity index (χ0v) is 11.3. The Balaban J connectivity index is 2.72. The van der Waals surface area contributed by atoms with Gasteiger partial charge in [-0.2, -0.15) is 0 Å². The van der Waals surface area contributed by atoms with Gasteiger partial charge in [-0.3, -0.25) is 0 Å². The molecule has 1 aromatic carbocycles. The zero-order chi connectivity index (χ0) is 15.1. The van der Waals surface area contributed by atoms with Crippen LogP contribution in [0.3, 0.4) is 0 Å². The molecule has 108 valence electrons. The van der Waals surface area contributed by atoms with Gasteiger partial charge in [-0.25, -0.2) is 14.0 Å². The second kappa shape index (κ2) is 7.28. The van der Waals surface area contributed by atoms with Crippen molar-refractivity contribution in [3.8, 4) is 0 Å². The first-order valence-electron chi connectivity index (χ1n) is 6.12. The number of carboxylic acids is 1. The molecule has 0 aliphatic carbocycles. The predicted octanol–water partition coefficient (Wildman–Crippen LogP) is 2.13. The maximum Gasteiger partial charge on any atom is 0.328 e. The van der Waals surface area contributed by atoms with Crippen molar-refractivity contribution in [2.24, 2.45) is 0 Å². The van der Waals surface area contributed by atoms with Crippen LogP contribution in [0.5, 0.6) is 0 Å². The molecule has 6 heteroatoms. The number of carbonyl (C=O) groups is 2. The molecule has 0 aliphatic rings. The Hall–Kier alpha value is -2.37. The summed E-state index contributed by atoms with van der Waals surface area (Å²) in [5.41, 5.74) is 0.839. The van der Waals surface area contributed by atoms with Crippen molar-refractivity contribution < 1.29 is 19.1 Å². The van der Waals surface area contributed by atoms with Crippen LogP contribution >= 0.6 is 0 Å². The van der Waals surface area contributed by atoms with Crippen LogP contribution in [0, 0.1) is 5.82 Å². The number of halogens is 1. The van der Waals surface area contributed by atoms with E-state index in [0.717, 1.165) is 6.08 Å². The van der Waals surface area contributed by atoms with E-state index in [9.17, 15) is 14.0 Å². The molecule has 0 unspecified atom stereocenters. The predicted molar refractivity (Wildman–Crippen MR) is 73.6 cm³/mol. The molecule has 0 radical (unpaired) electrons. The third-order valence-electron chi connectivity index (χ3n) is 2.35. The highest BCUT2D eigenvalue weighted by atomic mass is 19.1. The molecule has 0 atom stereocenters. The number of amides is 2. The SMILES string of the molecule is CC(C)NC(=O)NCc1cc(C=CC(=O)O)ccc1F. The van der Waals surface area contributed by atoms with Crippen molar-refractivity contribution in [1.82, 2.24) is 10.6 Å². The van der Waals surface area contributed by atoms with Gasteiger partial charge >= 0.3 is 12.0 Å². The average molecular weight is 280 g/mol. The molecule has 3 N–H and O–H groups in total. The molecule has 20 heavy (non-hydrogen) atoms. The van der Waals surface area contributed by atoms with E-state index >= 15 is 0 Å². The molecule has 0 heterocycles. The van der Waals surface area contributed by atoms with Crippen LogP contribution in [0.25, 0.3) is 6.08 Å². The highest BCUT2D eigenvalue weighted by Gasteiger charge is 2.06. The lowest BCUT2D eigenvalue weighted by Crippen LogP contribution is -2.39. The van der Waals surface area contributed by atoms with Gasteiger partial charge in [0.2, 0.25) is 0 Å². The van der Waals surface area contributed by atoms with Gasteiger partial charge in [0.1, 0.15) is 5.82 Å². The van der Waals surface area contributed by atoms with Gasteiger partial charge in [0.15, 0.2) is 0 Å². The van der Waals surface area contributed by atoms with E-state index in [2.05, 4.69) is 10.6 Å². The number of urea groups is 1. The topological polar surface area (TPSA) is 78.4 Å². The van der Waals surface area contributed by atoms with Crippen LogP contribution in [-0.2, 0) is 11.3 Å². The van der Waals surface area contributed by atoms with Gasteiger partial charge in [-0.1, -0.05) is 6.07 Å². The van der Waals surface area contributed by atoms with E-state index in [-0.39, 0.29) is 24.2 Å². The van der Waals surface area contributed by atoms with Gasteiger partial charge < -0.3 is 15.7 Å². The maximum atomic E-state index is 13.6. The Kier molecular flexibility index (Phi) is 5.71. The zero-order valence-electron chi connectivity index (χ0n) is 11.3. The number of aliphatic carboxylic acids is 1. The molecule has 0 bridgehead atoms. The quantitative estimate of drug-likeness (QED) is 0.723. The van der Waals surface area contributed by atoms with Gasteiger partial charge in [0.05, 0.1) is 0 Å². The van der Waals surface area contributed by atoms with Gasteiger partial charge in [-0.05, 0) is 37.6 Å². The number of benzene rings is 1. The summed E-state index contributed by atoms with van der Waals surface area (Å²) in [5, 5.41) is 13.7. The van der Waals surface area contributed by atoms with Crippen LogP contribution in [0.15, 0.2) is 24.3 Å². The van der Waals surface area contributed by atoms with Crippen LogP contribution in [-0.4, -0.2) is 23.1 Å². The smallest absolute Gasteiger partial charge is 0.328 e. The largest absolute Gasteiger partial charge is 0.478 e. The van der Waals surface area contributed by atoms with E-state index in [1.165, 1.54) is 24.3 Å². The monoisotopic (exact) mass is 280 g/mol. The summed E-state index contributed by atoms with van der Waals surface area (Å²) >= 11 is 0. The number of nitrogens with one attached hydrogen (secondary N) is 2. The number of hydrogen-bond acceptors (Lipinski definition) is 2. The molecule has 0 aromatic heterocycles. The van der Waals surface area contributed by atoms with E-state index in [0.29, 0.717) is 5.56 Å². The fourth-order valence-corrected chi connectivity index (χ4v) is 1.49. The molecule has 1 rings (SSSR count). The lowest BCUT2D eigenvalue weighted by molar-refractivity contribution is -0.131. The van der Waals surface area contributed by atoms with E-state index in [4.69, 9.17) is 5.11 Å². The van der Waals surface area contributed by atoms with Crippen LogP contribution in [0.1, 0.15) is 25.0 Å². The Morgan fingerprint density at radius 1 is 1.40 bits per heavy atom. The average Bonchev–Trinajstić information content (AvgIpc) is 2.35. The van der Waals surface area contributed by atoms with E-state index in [1.54, 1.807) is 0 Å². The Labute approximate surface area is 116 Å². The fraction of sp³-hybridized carbons (Fsp3) is 0.286. The van der Waals surface area contributed by atoms with Crippen molar-refractivity contribution in [3.63, 3.8) is 0 Å². The minimum atomic E-state index is -1.08. The molecule has 0 fully saturated rings. The molecular formula is C14H17FN2O3. The summed E-state index contributed by atoms with van der Waals surface area (Å²) in [6.07, 6.45) is 2.33. The summed E-state index contributed by atoms with van der Waals surface area (Å²) in [5.74, 6) is -1.53. The highest BCUT2D eigenvalue weighted by molar-refractivity contribution is 5.85. The molecule has 0 saturated heterocycles. The van der Waals surface area contributed by atoms with Crippen molar-refractivity contribution in [3.05, 3.63) is 41.2 Å². The first kappa shape index (κ1) is 15.7. The number of rotatable bonds is 5. The molecular weight excluding hydrogens is 263 g/mol. The van der Waals surface area contributed by atoms with E-state index in [1.807, 2.05) is 13.8 Å². The second-order valence-electron chi connectivity index (χ2n) is 4.50. The van der Waals surface area contributed by atoms with Crippen molar-refractivity contribution >= 4 is 18.1 Å².